The molecule has 3 atom stereocenters. The summed E-state index contributed by atoms with van der Waals surface area (Å²) in [6, 6.07) is 10.6. The Bertz CT molecular complexity index is 2210. The Hall–Kier alpha value is -5.31. The van der Waals surface area contributed by atoms with Crippen LogP contribution < -0.4 is 10.7 Å². The topological polar surface area (TPSA) is 165 Å². The number of aryl methyl sites for hydroxylation is 1. The van der Waals surface area contributed by atoms with E-state index in [-0.39, 0.29) is 43.9 Å². The highest BCUT2D eigenvalue weighted by atomic mass is 16.5. The average Bonchev–Trinajstić information content (AvgIpc) is 3.75. The van der Waals surface area contributed by atoms with Crippen LogP contribution in [-0.2, 0) is 59.4 Å². The first-order chi connectivity index (χ1) is 27.8. The number of aromatic nitrogens is 2. The second-order valence-corrected chi connectivity index (χ2v) is 16.7. The molecule has 2 aromatic heterocycles. The lowest BCUT2D eigenvalue weighted by Gasteiger charge is -2.36. The third kappa shape index (κ3) is 8.31. The van der Waals surface area contributed by atoms with Gasteiger partial charge in [-0.25, -0.2) is 5.43 Å². The number of hydrogen-bond acceptors (Lipinski definition) is 10. The highest BCUT2D eigenvalue weighted by Gasteiger charge is 2.39. The number of esters is 1. The number of ether oxygens (including phenoxy) is 3. The van der Waals surface area contributed by atoms with E-state index in [1.54, 1.807) is 25.4 Å². The zero-order valence-corrected chi connectivity index (χ0v) is 34.2. The fourth-order valence-electron chi connectivity index (χ4n) is 8.61. The number of phenolic OH excluding ortho intramolecular Hbond substituents is 1. The second-order valence-electron chi connectivity index (χ2n) is 16.7. The first-order valence-electron chi connectivity index (χ1n) is 20.1. The van der Waals surface area contributed by atoms with Crippen LogP contribution in [-0.4, -0.2) is 100.0 Å². The molecule has 0 unspecified atom stereocenters. The number of rotatable bonds is 8. The van der Waals surface area contributed by atoms with Crippen molar-refractivity contribution in [3.63, 3.8) is 0 Å². The first-order valence-corrected chi connectivity index (χ1v) is 20.1. The minimum Gasteiger partial charge on any atom is -0.508 e. The Balaban J connectivity index is 1.36. The van der Waals surface area contributed by atoms with Crippen molar-refractivity contribution in [3.8, 4) is 28.1 Å². The van der Waals surface area contributed by atoms with Gasteiger partial charge in [-0.3, -0.25) is 29.2 Å². The summed E-state index contributed by atoms with van der Waals surface area (Å²) in [5.41, 5.74) is 9.84. The number of hydrazine groups is 1. The Kier molecular flexibility index (Phi) is 11.9. The maximum atomic E-state index is 14.5. The minimum atomic E-state index is -1.11. The second kappa shape index (κ2) is 16.9. The van der Waals surface area contributed by atoms with Crippen molar-refractivity contribution in [1.82, 2.24) is 30.2 Å². The van der Waals surface area contributed by atoms with Crippen LogP contribution in [0.2, 0.25) is 0 Å². The van der Waals surface area contributed by atoms with Crippen molar-refractivity contribution in [2.75, 3.05) is 33.6 Å². The molecule has 3 amide bonds. The van der Waals surface area contributed by atoms with E-state index in [1.807, 2.05) is 38.2 Å². The SMILES string of the molecule is CCn1c(-c2cnccc2COC)c2c3cc(ccc31)-c1cc(O)cc(c1)C[C@H](NC(=O)[C@H](C(C)C)N1COCC1=O)C(=O)N1CCC[C@H](N1)C(=O)OCC(C)(C)C2. The van der Waals surface area contributed by atoms with Gasteiger partial charge in [-0.15, -0.1) is 0 Å². The molecule has 3 aliphatic rings. The monoisotopic (exact) mass is 794 g/mol. The number of cyclic esters (lactones) is 1. The zero-order chi connectivity index (χ0) is 41.3. The van der Waals surface area contributed by atoms with Gasteiger partial charge < -0.3 is 34.1 Å². The molecule has 0 aliphatic carbocycles. The van der Waals surface area contributed by atoms with Crippen molar-refractivity contribution in [3.05, 3.63) is 71.5 Å². The summed E-state index contributed by atoms with van der Waals surface area (Å²) < 4.78 is 19.3. The molecule has 308 valence electrons. The summed E-state index contributed by atoms with van der Waals surface area (Å²) in [6.45, 7) is 11.3. The minimum absolute atomic E-state index is 0.00560. The van der Waals surface area contributed by atoms with Crippen molar-refractivity contribution in [2.45, 2.75) is 91.6 Å². The summed E-state index contributed by atoms with van der Waals surface area (Å²) in [5.74, 6) is -2.00. The number of nitrogens with zero attached hydrogens (tertiary/aromatic N) is 4. The van der Waals surface area contributed by atoms with Gasteiger partial charge in [-0.05, 0) is 90.3 Å². The summed E-state index contributed by atoms with van der Waals surface area (Å²) in [4.78, 5) is 60.9. The van der Waals surface area contributed by atoms with Gasteiger partial charge >= 0.3 is 5.97 Å². The molecule has 5 heterocycles. The molecule has 2 saturated heterocycles. The number of carbonyl (C=O) groups is 4. The molecule has 14 nitrogen and oxygen atoms in total. The highest BCUT2D eigenvalue weighted by molar-refractivity contribution is 5.96. The standard InChI is InChI=1S/C44H54N6O8/c1-7-48-37-11-10-28-19-32(37)33(40(48)34-21-45-13-12-29(34)22-56-6)20-44(4,5)24-58-43(55)35-9-8-14-50(47-35)42(54)36(17-27-15-30(28)18-31(51)16-27)46-41(53)39(26(2)3)49-25-57-23-38(49)52/h10-13,15-16,18-19,21,26,35-36,39,47,51H,7-9,14,17,20,22-25H2,1-6H3,(H,46,53)/t35-,36-,39-/m0/s1. The van der Waals surface area contributed by atoms with Crippen LogP contribution in [0.15, 0.2) is 54.9 Å². The number of amides is 3. The van der Waals surface area contributed by atoms with E-state index in [0.29, 0.717) is 44.5 Å². The molecule has 58 heavy (non-hydrogen) atoms. The van der Waals surface area contributed by atoms with Crippen molar-refractivity contribution in [2.24, 2.45) is 11.3 Å². The fourth-order valence-corrected chi connectivity index (χ4v) is 8.61. The Morgan fingerprint density at radius 2 is 1.93 bits per heavy atom. The number of methoxy groups -OCH3 is 1. The summed E-state index contributed by atoms with van der Waals surface area (Å²) >= 11 is 0. The number of benzene rings is 2. The van der Waals surface area contributed by atoms with Crippen molar-refractivity contribution < 1.29 is 38.5 Å². The number of phenols is 1. The van der Waals surface area contributed by atoms with Crippen molar-refractivity contribution in [1.29, 1.82) is 0 Å². The van der Waals surface area contributed by atoms with Gasteiger partial charge in [0.1, 0.15) is 37.2 Å². The van der Waals surface area contributed by atoms with Gasteiger partial charge in [-0.2, -0.15) is 0 Å². The Morgan fingerprint density at radius 3 is 2.66 bits per heavy atom. The maximum absolute atomic E-state index is 14.5. The zero-order valence-electron chi connectivity index (χ0n) is 34.2. The van der Waals surface area contributed by atoms with Crippen LogP contribution >= 0.6 is 0 Å². The third-order valence-electron chi connectivity index (χ3n) is 11.3. The van der Waals surface area contributed by atoms with E-state index in [4.69, 9.17) is 14.2 Å². The highest BCUT2D eigenvalue weighted by Crippen LogP contribution is 2.41. The fraction of sp³-hybridized carbons (Fsp3) is 0.477. The normalized spacial score (nSPS) is 20.6. The van der Waals surface area contributed by atoms with Gasteiger partial charge in [0.25, 0.3) is 11.8 Å². The van der Waals surface area contributed by atoms with Gasteiger partial charge in [0.15, 0.2) is 0 Å². The molecule has 7 rings (SSSR count). The first kappa shape index (κ1) is 40.9. The number of carbonyl (C=O) groups excluding carboxylic acids is 4. The molecule has 2 aromatic carbocycles. The van der Waals surface area contributed by atoms with Gasteiger partial charge in [0, 0.05) is 60.9 Å². The summed E-state index contributed by atoms with van der Waals surface area (Å²) in [5, 5.41) is 16.5. The molecule has 3 N–H and O–H groups in total. The van der Waals surface area contributed by atoms with Crippen LogP contribution in [0, 0.1) is 11.3 Å². The van der Waals surface area contributed by atoms with E-state index in [1.165, 1.54) is 9.91 Å². The van der Waals surface area contributed by atoms with E-state index in [0.717, 1.165) is 44.4 Å². The van der Waals surface area contributed by atoms with Gasteiger partial charge in [0.2, 0.25) is 5.91 Å². The quantitative estimate of drug-likeness (QED) is 0.213. The molecule has 14 heteroatoms. The molecule has 4 aromatic rings. The molecule has 0 radical (unpaired) electrons. The van der Waals surface area contributed by atoms with Crippen LogP contribution in [0.4, 0.5) is 0 Å². The lowest BCUT2D eigenvalue weighted by molar-refractivity contribution is -0.155. The van der Waals surface area contributed by atoms with Crippen LogP contribution in [0.3, 0.4) is 0 Å². The van der Waals surface area contributed by atoms with Crippen LogP contribution in [0.1, 0.15) is 64.2 Å². The van der Waals surface area contributed by atoms with E-state index in [2.05, 4.69) is 53.2 Å². The number of pyridine rings is 1. The number of nitrogens with one attached hydrogen (secondary N) is 2. The number of fused-ring (bicyclic) bond motifs is 6. The molecule has 0 saturated carbocycles. The van der Waals surface area contributed by atoms with Gasteiger partial charge in [0.05, 0.1) is 18.9 Å². The van der Waals surface area contributed by atoms with E-state index in [9.17, 15) is 24.3 Å². The predicted octanol–water partition coefficient (Wildman–Crippen LogP) is 4.73. The predicted molar refractivity (Wildman–Crippen MR) is 217 cm³/mol. The number of hydrogen-bond donors (Lipinski definition) is 3. The van der Waals surface area contributed by atoms with E-state index < -0.39 is 41.3 Å². The maximum Gasteiger partial charge on any atom is 0.324 e. The molecule has 0 spiro atoms. The van der Waals surface area contributed by atoms with Crippen LogP contribution in [0.25, 0.3) is 33.3 Å². The lowest BCUT2D eigenvalue weighted by atomic mass is 9.84. The van der Waals surface area contributed by atoms with Gasteiger partial charge in [-0.1, -0.05) is 39.8 Å². The smallest absolute Gasteiger partial charge is 0.324 e. The molecular weight excluding hydrogens is 741 g/mol. The van der Waals surface area contributed by atoms with Crippen molar-refractivity contribution >= 4 is 34.6 Å². The third-order valence-corrected chi connectivity index (χ3v) is 11.3. The average molecular weight is 795 g/mol. The lowest BCUT2D eigenvalue weighted by Crippen LogP contribution is -2.62. The molecule has 2 fully saturated rings. The number of aromatic hydroxyl groups is 1. The summed E-state index contributed by atoms with van der Waals surface area (Å²) in [7, 11) is 1.67. The summed E-state index contributed by atoms with van der Waals surface area (Å²) in [6.07, 6.45) is 5.22. The van der Waals surface area contributed by atoms with Crippen LogP contribution in [0.5, 0.6) is 5.75 Å². The molecule has 3 aliphatic heterocycles. The Morgan fingerprint density at radius 1 is 1.12 bits per heavy atom. The molecular formula is C44H54N6O8. The largest absolute Gasteiger partial charge is 0.508 e. The van der Waals surface area contributed by atoms with E-state index >= 15 is 0 Å². The molecule has 6 bridgehead atoms. The Labute approximate surface area is 338 Å².